The van der Waals surface area contributed by atoms with Crippen LogP contribution in [-0.2, 0) is 0 Å². The molecule has 4 nitrogen and oxygen atoms in total. The second kappa shape index (κ2) is 5.85. The summed E-state index contributed by atoms with van der Waals surface area (Å²) in [5.41, 5.74) is 0.291. The molecule has 0 aliphatic heterocycles. The fourth-order valence-electron chi connectivity index (χ4n) is 1.32. The second-order valence-electron chi connectivity index (χ2n) is 3.70. The van der Waals surface area contributed by atoms with Crippen molar-refractivity contribution in [3.05, 3.63) is 28.0 Å². The van der Waals surface area contributed by atoms with E-state index in [0.29, 0.717) is 12.1 Å². The zero-order chi connectivity index (χ0) is 13.0. The first-order valence-corrected chi connectivity index (χ1v) is 5.67. The van der Waals surface area contributed by atoms with Gasteiger partial charge in [0.25, 0.3) is 5.91 Å². The number of aromatic nitrogens is 1. The highest BCUT2D eigenvalue weighted by Gasteiger charge is 2.17. The van der Waals surface area contributed by atoms with Crippen LogP contribution in [0.25, 0.3) is 0 Å². The summed E-state index contributed by atoms with van der Waals surface area (Å²) in [5.74, 6) is -0.513. The van der Waals surface area contributed by atoms with Gasteiger partial charge in [-0.2, -0.15) is 5.26 Å². The fraction of sp³-hybridized carbons (Fsp3) is 0.364. The molecular weight excluding hydrogens is 261 g/mol. The molecule has 1 amide bonds. The van der Waals surface area contributed by atoms with Gasteiger partial charge >= 0.3 is 0 Å². The summed E-state index contributed by atoms with van der Waals surface area (Å²) >= 11 is 11.6. The number of halogens is 2. The molecule has 90 valence electrons. The molecule has 0 radical (unpaired) electrons. The molecule has 1 aromatic heterocycles. The molecule has 0 N–H and O–H groups in total. The highest BCUT2D eigenvalue weighted by molar-refractivity contribution is 6.35. The van der Waals surface area contributed by atoms with Gasteiger partial charge in [-0.25, -0.2) is 4.98 Å². The predicted octanol–water partition coefficient (Wildman–Crippen LogP) is 2.62. The number of nitrogens with zero attached hydrogens (tertiary/aromatic N) is 3. The van der Waals surface area contributed by atoms with Gasteiger partial charge in [-0.15, -0.1) is 0 Å². The second-order valence-corrected chi connectivity index (χ2v) is 4.50. The van der Waals surface area contributed by atoms with Gasteiger partial charge < -0.3 is 4.90 Å². The molecule has 0 bridgehead atoms. The number of hydrogen-bond acceptors (Lipinski definition) is 3. The van der Waals surface area contributed by atoms with Gasteiger partial charge in [0.1, 0.15) is 5.15 Å². The lowest BCUT2D eigenvalue weighted by molar-refractivity contribution is 0.0785. The first kappa shape index (κ1) is 13.8. The van der Waals surface area contributed by atoms with Gasteiger partial charge in [0.15, 0.2) is 0 Å². The minimum Gasteiger partial charge on any atom is -0.340 e. The van der Waals surface area contributed by atoms with Crippen LogP contribution in [-0.4, -0.2) is 29.4 Å². The van der Waals surface area contributed by atoms with E-state index in [1.165, 1.54) is 17.2 Å². The van der Waals surface area contributed by atoms with E-state index in [1.807, 2.05) is 0 Å². The van der Waals surface area contributed by atoms with Crippen molar-refractivity contribution in [2.45, 2.75) is 6.92 Å². The van der Waals surface area contributed by atoms with Crippen molar-refractivity contribution in [3.8, 4) is 6.07 Å². The molecule has 0 aliphatic rings. The van der Waals surface area contributed by atoms with E-state index >= 15 is 0 Å². The number of amides is 1. The van der Waals surface area contributed by atoms with Crippen molar-refractivity contribution >= 4 is 29.1 Å². The van der Waals surface area contributed by atoms with E-state index in [9.17, 15) is 4.79 Å². The molecule has 0 aliphatic carbocycles. The average molecular weight is 272 g/mol. The predicted molar refractivity (Wildman–Crippen MR) is 66.0 cm³/mol. The van der Waals surface area contributed by atoms with Crippen molar-refractivity contribution in [1.29, 1.82) is 5.26 Å². The molecule has 0 saturated carbocycles. The first-order chi connectivity index (χ1) is 7.95. The summed E-state index contributed by atoms with van der Waals surface area (Å²) in [6.07, 6.45) is 1.33. The van der Waals surface area contributed by atoms with Gasteiger partial charge in [0.05, 0.1) is 22.6 Å². The highest BCUT2D eigenvalue weighted by atomic mass is 35.5. The Morgan fingerprint density at radius 2 is 2.29 bits per heavy atom. The van der Waals surface area contributed by atoms with E-state index < -0.39 is 0 Å². The smallest absolute Gasteiger partial charge is 0.255 e. The molecule has 1 rings (SSSR count). The molecule has 0 saturated heterocycles. The van der Waals surface area contributed by atoms with E-state index in [0.717, 1.165) is 0 Å². The van der Waals surface area contributed by atoms with Crippen LogP contribution in [0.4, 0.5) is 0 Å². The van der Waals surface area contributed by atoms with E-state index in [4.69, 9.17) is 28.5 Å². The van der Waals surface area contributed by atoms with E-state index in [-0.39, 0.29) is 22.0 Å². The van der Waals surface area contributed by atoms with Crippen LogP contribution in [0.1, 0.15) is 17.3 Å². The van der Waals surface area contributed by atoms with E-state index in [1.54, 1.807) is 14.0 Å². The van der Waals surface area contributed by atoms with Crippen LogP contribution in [0, 0.1) is 17.2 Å². The monoisotopic (exact) mass is 271 g/mol. The first-order valence-electron chi connectivity index (χ1n) is 4.91. The molecular formula is C11H11Cl2N3O. The van der Waals surface area contributed by atoms with Gasteiger partial charge in [-0.05, 0) is 13.0 Å². The fourth-order valence-corrected chi connectivity index (χ4v) is 1.66. The summed E-state index contributed by atoms with van der Waals surface area (Å²) < 4.78 is 0. The molecule has 0 fully saturated rings. The maximum Gasteiger partial charge on any atom is 0.255 e. The van der Waals surface area contributed by atoms with Crippen LogP contribution in [0.5, 0.6) is 0 Å². The lowest BCUT2D eigenvalue weighted by Gasteiger charge is -2.18. The summed E-state index contributed by atoms with van der Waals surface area (Å²) in [6, 6.07) is 3.48. The topological polar surface area (TPSA) is 57.0 Å². The van der Waals surface area contributed by atoms with Crippen LogP contribution in [0.15, 0.2) is 12.3 Å². The Balaban J connectivity index is 2.89. The van der Waals surface area contributed by atoms with Gasteiger partial charge in [-0.3, -0.25) is 4.79 Å². The Morgan fingerprint density at radius 1 is 1.65 bits per heavy atom. The number of nitriles is 1. The van der Waals surface area contributed by atoms with Crippen molar-refractivity contribution in [3.63, 3.8) is 0 Å². The number of pyridine rings is 1. The minimum atomic E-state index is -0.276. The quantitative estimate of drug-likeness (QED) is 0.795. The van der Waals surface area contributed by atoms with Crippen LogP contribution in [0.2, 0.25) is 10.2 Å². The number of rotatable bonds is 3. The Kier molecular flexibility index (Phi) is 4.73. The van der Waals surface area contributed by atoms with Gasteiger partial charge in [0, 0.05) is 19.8 Å². The van der Waals surface area contributed by atoms with Crippen LogP contribution in [0.3, 0.4) is 0 Å². The van der Waals surface area contributed by atoms with Crippen molar-refractivity contribution in [1.82, 2.24) is 9.88 Å². The molecule has 17 heavy (non-hydrogen) atoms. The third-order valence-corrected chi connectivity index (χ3v) is 2.68. The van der Waals surface area contributed by atoms with Crippen molar-refractivity contribution in [2.24, 2.45) is 5.92 Å². The van der Waals surface area contributed by atoms with Gasteiger partial charge in [-0.1, -0.05) is 23.2 Å². The molecule has 1 unspecified atom stereocenters. The van der Waals surface area contributed by atoms with Crippen molar-refractivity contribution in [2.75, 3.05) is 13.6 Å². The standard InChI is InChI=1S/C11H11Cl2N3O/c1-7(4-14)6-16(2)11(17)8-3-10(13)15-5-9(8)12/h3,5,7H,6H2,1-2H3. The number of carbonyl (C=O) groups excluding carboxylic acids is 1. The zero-order valence-electron chi connectivity index (χ0n) is 9.44. The largest absolute Gasteiger partial charge is 0.340 e. The molecule has 1 aromatic rings. The molecule has 1 atom stereocenters. The maximum absolute atomic E-state index is 12.0. The number of hydrogen-bond donors (Lipinski definition) is 0. The minimum absolute atomic E-state index is 0.208. The number of carbonyl (C=O) groups is 1. The van der Waals surface area contributed by atoms with Crippen LogP contribution < -0.4 is 0 Å². The van der Waals surface area contributed by atoms with E-state index in [2.05, 4.69) is 11.1 Å². The Bertz CT molecular complexity index is 470. The molecule has 6 heteroatoms. The Morgan fingerprint density at radius 3 is 2.88 bits per heavy atom. The molecule has 0 spiro atoms. The summed E-state index contributed by atoms with van der Waals surface area (Å²) in [5, 5.41) is 9.14. The average Bonchev–Trinajstić information content (AvgIpc) is 2.31. The third-order valence-electron chi connectivity index (χ3n) is 2.17. The normalized spacial score (nSPS) is 11.7. The zero-order valence-corrected chi connectivity index (χ0v) is 11.0. The molecule has 0 aromatic carbocycles. The third kappa shape index (κ3) is 3.58. The lowest BCUT2D eigenvalue weighted by Crippen LogP contribution is -2.30. The summed E-state index contributed by atoms with van der Waals surface area (Å²) in [6.45, 7) is 2.08. The highest BCUT2D eigenvalue weighted by Crippen LogP contribution is 2.19. The summed E-state index contributed by atoms with van der Waals surface area (Å²) in [4.78, 5) is 17.2. The van der Waals surface area contributed by atoms with Crippen LogP contribution >= 0.6 is 23.2 Å². The Hall–Kier alpha value is -1.31. The SMILES string of the molecule is CC(C#N)CN(C)C(=O)c1cc(Cl)ncc1Cl. The van der Waals surface area contributed by atoms with Gasteiger partial charge in [0.2, 0.25) is 0 Å². The summed E-state index contributed by atoms with van der Waals surface area (Å²) in [7, 11) is 1.61. The van der Waals surface area contributed by atoms with Crippen molar-refractivity contribution < 1.29 is 4.79 Å². The lowest BCUT2D eigenvalue weighted by atomic mass is 10.2. The molecule has 1 heterocycles. The maximum atomic E-state index is 12.0. The Labute approximate surface area is 110 Å².